The second-order valence-electron chi connectivity index (χ2n) is 6.52. The highest BCUT2D eigenvalue weighted by Gasteiger charge is 2.25. The number of ether oxygens (including phenoxy) is 2. The second kappa shape index (κ2) is 9.68. The molecule has 1 aromatic heterocycles. The number of nitrogens with zero attached hydrogens (tertiary/aromatic N) is 4. The van der Waals surface area contributed by atoms with Crippen LogP contribution in [0.1, 0.15) is 20.8 Å². The number of methoxy groups -OCH3 is 2. The van der Waals surface area contributed by atoms with E-state index in [1.54, 1.807) is 28.0 Å². The van der Waals surface area contributed by atoms with Gasteiger partial charge in [-0.2, -0.15) is 0 Å². The highest BCUT2D eigenvalue weighted by molar-refractivity contribution is 5.97. The normalized spacial score (nSPS) is 13.5. The summed E-state index contributed by atoms with van der Waals surface area (Å²) in [5, 5.41) is 2.62. The van der Waals surface area contributed by atoms with E-state index in [2.05, 4.69) is 15.3 Å². The average Bonchev–Trinajstić information content (AvgIpc) is 2.82. The van der Waals surface area contributed by atoms with Crippen molar-refractivity contribution in [3.05, 3.63) is 48.0 Å². The summed E-state index contributed by atoms with van der Waals surface area (Å²) in [5.74, 6) is 0.132. The fraction of sp³-hybridized carbons (Fsp3) is 0.350. The minimum Gasteiger partial charge on any atom is -0.493 e. The van der Waals surface area contributed by atoms with E-state index in [-0.39, 0.29) is 30.0 Å². The Labute approximate surface area is 173 Å². The molecule has 158 valence electrons. The molecule has 10 nitrogen and oxygen atoms in total. The maximum atomic E-state index is 12.4. The van der Waals surface area contributed by atoms with E-state index in [4.69, 9.17) is 9.47 Å². The van der Waals surface area contributed by atoms with Crippen molar-refractivity contribution in [3.63, 3.8) is 0 Å². The molecule has 0 radical (unpaired) electrons. The smallest absolute Gasteiger partial charge is 0.274 e. The third-order valence-electron chi connectivity index (χ3n) is 4.75. The maximum absolute atomic E-state index is 12.4. The molecule has 2 heterocycles. The van der Waals surface area contributed by atoms with Crippen LogP contribution < -0.4 is 14.8 Å². The van der Waals surface area contributed by atoms with Gasteiger partial charge >= 0.3 is 0 Å². The number of rotatable bonds is 6. The third kappa shape index (κ3) is 4.83. The van der Waals surface area contributed by atoms with Crippen LogP contribution in [0.25, 0.3) is 0 Å². The number of carbonyl (C=O) groups excluding carboxylic acids is 3. The van der Waals surface area contributed by atoms with Crippen LogP contribution in [0.5, 0.6) is 11.5 Å². The lowest BCUT2D eigenvalue weighted by Gasteiger charge is -2.34. The molecular weight excluding hydrogens is 390 g/mol. The van der Waals surface area contributed by atoms with Crippen LogP contribution in [0, 0.1) is 0 Å². The van der Waals surface area contributed by atoms with Crippen molar-refractivity contribution in [2.75, 3.05) is 46.9 Å². The molecule has 1 aliphatic rings. The quantitative estimate of drug-likeness (QED) is 0.720. The standard InChI is InChI=1S/C20H23N5O5/c1-29-16-4-3-14(11-17(16)30-2)19(27)23-13-18(26)24-7-9-25(10-8-24)20(28)15-12-21-5-6-22-15/h3-6,11-12H,7-10,13H2,1-2H3,(H,23,27). The zero-order valence-electron chi connectivity index (χ0n) is 16.8. The van der Waals surface area contributed by atoms with Crippen molar-refractivity contribution >= 4 is 17.7 Å². The third-order valence-corrected chi connectivity index (χ3v) is 4.75. The van der Waals surface area contributed by atoms with Gasteiger partial charge in [0, 0.05) is 44.1 Å². The van der Waals surface area contributed by atoms with Gasteiger partial charge in [0.1, 0.15) is 5.69 Å². The number of amides is 3. The molecule has 0 spiro atoms. The van der Waals surface area contributed by atoms with Gasteiger partial charge in [-0.15, -0.1) is 0 Å². The molecule has 3 amide bonds. The first-order valence-corrected chi connectivity index (χ1v) is 9.36. The first-order chi connectivity index (χ1) is 14.5. The maximum Gasteiger partial charge on any atom is 0.274 e. The summed E-state index contributed by atoms with van der Waals surface area (Å²) in [6.45, 7) is 1.43. The molecule has 10 heteroatoms. The van der Waals surface area contributed by atoms with E-state index in [1.807, 2.05) is 0 Å². The van der Waals surface area contributed by atoms with Crippen molar-refractivity contribution in [2.45, 2.75) is 0 Å². The number of piperazine rings is 1. The monoisotopic (exact) mass is 413 g/mol. The molecular formula is C20H23N5O5. The van der Waals surface area contributed by atoms with Gasteiger partial charge in [-0.05, 0) is 18.2 Å². The van der Waals surface area contributed by atoms with Crippen molar-refractivity contribution in [2.24, 2.45) is 0 Å². The molecule has 1 saturated heterocycles. The molecule has 0 atom stereocenters. The Morgan fingerprint density at radius 2 is 1.70 bits per heavy atom. The summed E-state index contributed by atoms with van der Waals surface area (Å²) in [6.07, 6.45) is 4.39. The Morgan fingerprint density at radius 3 is 2.33 bits per heavy atom. The van der Waals surface area contributed by atoms with E-state index < -0.39 is 0 Å². The summed E-state index contributed by atoms with van der Waals surface area (Å²) in [6, 6.07) is 4.77. The van der Waals surface area contributed by atoms with Crippen LogP contribution >= 0.6 is 0 Å². The van der Waals surface area contributed by atoms with Crippen molar-refractivity contribution in [1.29, 1.82) is 0 Å². The summed E-state index contributed by atoms with van der Waals surface area (Å²) in [4.78, 5) is 48.4. The number of hydrogen-bond acceptors (Lipinski definition) is 7. The van der Waals surface area contributed by atoms with E-state index in [1.165, 1.54) is 32.8 Å². The Kier molecular flexibility index (Phi) is 6.79. The number of hydrogen-bond donors (Lipinski definition) is 1. The number of carbonyl (C=O) groups is 3. The summed E-state index contributed by atoms with van der Waals surface area (Å²) in [7, 11) is 2.99. The van der Waals surface area contributed by atoms with Crippen molar-refractivity contribution in [3.8, 4) is 11.5 Å². The minimum atomic E-state index is -0.388. The van der Waals surface area contributed by atoms with E-state index in [0.717, 1.165) is 0 Å². The molecule has 30 heavy (non-hydrogen) atoms. The molecule has 3 rings (SSSR count). The SMILES string of the molecule is COc1ccc(C(=O)NCC(=O)N2CCN(C(=O)c3cnccn3)CC2)cc1OC. The molecule has 1 aliphatic heterocycles. The Morgan fingerprint density at radius 1 is 1.00 bits per heavy atom. The van der Waals surface area contributed by atoms with Crippen molar-refractivity contribution < 1.29 is 23.9 Å². The molecule has 1 aromatic carbocycles. The Balaban J connectivity index is 1.49. The predicted molar refractivity (Wildman–Crippen MR) is 106 cm³/mol. The van der Waals surface area contributed by atoms with Crippen LogP contribution in [0.15, 0.2) is 36.8 Å². The lowest BCUT2D eigenvalue weighted by molar-refractivity contribution is -0.131. The average molecular weight is 413 g/mol. The molecule has 0 bridgehead atoms. The second-order valence-corrected chi connectivity index (χ2v) is 6.52. The molecule has 0 unspecified atom stereocenters. The largest absolute Gasteiger partial charge is 0.493 e. The number of aromatic nitrogens is 2. The van der Waals surface area contributed by atoms with Crippen LogP contribution in [-0.4, -0.2) is 84.4 Å². The van der Waals surface area contributed by atoms with Crippen LogP contribution in [0.2, 0.25) is 0 Å². The first kappa shape index (κ1) is 21.0. The van der Waals surface area contributed by atoms with Gasteiger partial charge in [0.25, 0.3) is 11.8 Å². The summed E-state index contributed by atoms with van der Waals surface area (Å²) >= 11 is 0. The first-order valence-electron chi connectivity index (χ1n) is 9.36. The lowest BCUT2D eigenvalue weighted by atomic mass is 10.2. The molecule has 1 fully saturated rings. The predicted octanol–water partition coefficient (Wildman–Crippen LogP) is 0.208. The van der Waals surface area contributed by atoms with E-state index >= 15 is 0 Å². The fourth-order valence-electron chi connectivity index (χ4n) is 3.08. The van der Waals surface area contributed by atoms with Gasteiger partial charge < -0.3 is 24.6 Å². The van der Waals surface area contributed by atoms with Crippen LogP contribution in [0.4, 0.5) is 0 Å². The highest BCUT2D eigenvalue weighted by atomic mass is 16.5. The molecule has 0 saturated carbocycles. The van der Waals surface area contributed by atoms with Gasteiger partial charge in [0.05, 0.1) is 27.0 Å². The van der Waals surface area contributed by atoms with Gasteiger partial charge in [0.15, 0.2) is 11.5 Å². The van der Waals surface area contributed by atoms with E-state index in [0.29, 0.717) is 43.2 Å². The summed E-state index contributed by atoms with van der Waals surface area (Å²) in [5.41, 5.74) is 0.638. The van der Waals surface area contributed by atoms with E-state index in [9.17, 15) is 14.4 Å². The number of benzene rings is 1. The van der Waals surface area contributed by atoms with Crippen LogP contribution in [0.3, 0.4) is 0 Å². The minimum absolute atomic E-state index is 0.134. The zero-order chi connectivity index (χ0) is 21.5. The Hall–Kier alpha value is -3.69. The molecule has 1 N–H and O–H groups in total. The highest BCUT2D eigenvalue weighted by Crippen LogP contribution is 2.27. The van der Waals surface area contributed by atoms with Gasteiger partial charge in [-0.1, -0.05) is 0 Å². The summed E-state index contributed by atoms with van der Waals surface area (Å²) < 4.78 is 10.3. The van der Waals surface area contributed by atoms with Gasteiger partial charge in [-0.25, -0.2) is 4.98 Å². The molecule has 2 aromatic rings. The fourth-order valence-corrected chi connectivity index (χ4v) is 3.08. The van der Waals surface area contributed by atoms with Crippen LogP contribution in [-0.2, 0) is 4.79 Å². The number of nitrogens with one attached hydrogen (secondary N) is 1. The molecule has 0 aliphatic carbocycles. The topological polar surface area (TPSA) is 114 Å². The Bertz CT molecular complexity index is 913. The zero-order valence-corrected chi connectivity index (χ0v) is 16.8. The lowest BCUT2D eigenvalue weighted by Crippen LogP contribution is -2.52. The van der Waals surface area contributed by atoms with Crippen molar-refractivity contribution in [1.82, 2.24) is 25.1 Å². The van der Waals surface area contributed by atoms with Gasteiger partial charge in [0.2, 0.25) is 5.91 Å². The van der Waals surface area contributed by atoms with Gasteiger partial charge in [-0.3, -0.25) is 19.4 Å².